The average molecular weight is 612 g/mol. The molecule has 13 nitrogen and oxygen atoms in total. The Morgan fingerprint density at radius 3 is 2.19 bits per heavy atom. The van der Waals surface area contributed by atoms with E-state index in [0.717, 1.165) is 6.26 Å². The lowest BCUT2D eigenvalue weighted by molar-refractivity contribution is 0.0690. The molecule has 14 heteroatoms. The third kappa shape index (κ3) is 8.59. The fourth-order valence-corrected chi connectivity index (χ4v) is 4.29. The Morgan fingerprint density at radius 2 is 1.65 bits per heavy atom. The van der Waals surface area contributed by atoms with Crippen LogP contribution in [0.5, 0.6) is 5.75 Å². The van der Waals surface area contributed by atoms with E-state index < -0.39 is 45.1 Å². The Bertz CT molecular complexity index is 1670. The van der Waals surface area contributed by atoms with Gasteiger partial charge in [-0.05, 0) is 65.6 Å². The molecule has 228 valence electrons. The van der Waals surface area contributed by atoms with E-state index in [4.69, 9.17) is 20.1 Å². The number of aromatic nitrogens is 1. The van der Waals surface area contributed by atoms with E-state index >= 15 is 0 Å². The summed E-state index contributed by atoms with van der Waals surface area (Å²) in [6.07, 6.45) is 0.895. The zero-order chi connectivity index (χ0) is 32.1. The molecule has 3 aromatic rings. The number of pyridine rings is 1. The number of hydrogen-bond acceptors (Lipinski definition) is 9. The average Bonchev–Trinajstić information content (AvgIpc) is 2.93. The van der Waals surface area contributed by atoms with E-state index in [1.165, 1.54) is 31.4 Å². The number of carbonyl (C=O) groups is 3. The van der Waals surface area contributed by atoms with Crippen LogP contribution in [-0.4, -0.2) is 68.1 Å². The minimum absolute atomic E-state index is 0.0663. The molecule has 0 spiro atoms. The molecular formula is C29H33N5O8S. The van der Waals surface area contributed by atoms with Gasteiger partial charge in [0, 0.05) is 16.8 Å². The summed E-state index contributed by atoms with van der Waals surface area (Å²) >= 11 is 0. The van der Waals surface area contributed by atoms with Crippen LogP contribution in [0.3, 0.4) is 0 Å². The number of nitrogens with one attached hydrogen (secondary N) is 3. The molecule has 0 aliphatic heterocycles. The van der Waals surface area contributed by atoms with E-state index in [9.17, 15) is 27.9 Å². The topological polar surface area (TPSA) is 211 Å². The number of ether oxygens (including phenoxy) is 1. The normalized spacial score (nSPS) is 12.2. The van der Waals surface area contributed by atoms with Crippen molar-refractivity contribution in [3.63, 3.8) is 0 Å². The van der Waals surface area contributed by atoms with Gasteiger partial charge in [-0.1, -0.05) is 20.8 Å². The molecule has 6 N–H and O–H groups in total. The Labute approximate surface area is 249 Å². The summed E-state index contributed by atoms with van der Waals surface area (Å²) in [6, 6.07) is 12.7. The number of amides is 2. The van der Waals surface area contributed by atoms with Gasteiger partial charge in [0.25, 0.3) is 21.9 Å². The molecule has 0 fully saturated rings. The van der Waals surface area contributed by atoms with E-state index in [1.54, 1.807) is 51.1 Å². The minimum atomic E-state index is -3.78. The molecule has 0 aliphatic carbocycles. The van der Waals surface area contributed by atoms with Crippen molar-refractivity contribution in [3.8, 4) is 16.9 Å². The molecule has 3 rings (SSSR count). The van der Waals surface area contributed by atoms with Crippen LogP contribution in [0.25, 0.3) is 11.1 Å². The first kappa shape index (κ1) is 32.7. The lowest BCUT2D eigenvalue weighted by atomic mass is 9.87. The molecule has 0 saturated heterocycles. The summed E-state index contributed by atoms with van der Waals surface area (Å²) < 4.78 is 33.2. The van der Waals surface area contributed by atoms with Crippen molar-refractivity contribution in [2.24, 2.45) is 11.1 Å². The second-order valence-corrected chi connectivity index (χ2v) is 12.3. The van der Waals surface area contributed by atoms with Crippen molar-refractivity contribution in [2.45, 2.75) is 26.8 Å². The number of carboxylic acids is 1. The smallest absolute Gasteiger partial charge is 0.355 e. The van der Waals surface area contributed by atoms with Crippen molar-refractivity contribution < 1.29 is 36.8 Å². The van der Waals surface area contributed by atoms with Gasteiger partial charge in [0.05, 0.1) is 31.6 Å². The van der Waals surface area contributed by atoms with E-state index in [1.807, 2.05) is 0 Å². The number of methoxy groups -OCH3 is 1. The van der Waals surface area contributed by atoms with Crippen molar-refractivity contribution in [1.82, 2.24) is 10.3 Å². The van der Waals surface area contributed by atoms with Crippen molar-refractivity contribution in [3.05, 3.63) is 77.1 Å². The molecule has 0 aliphatic rings. The second-order valence-electron chi connectivity index (χ2n) is 10.6. The summed E-state index contributed by atoms with van der Waals surface area (Å²) in [5.74, 6) is -2.56. The first-order valence-electron chi connectivity index (χ1n) is 12.8. The van der Waals surface area contributed by atoms with Crippen LogP contribution in [0, 0.1) is 10.8 Å². The van der Waals surface area contributed by atoms with Crippen LogP contribution < -0.4 is 21.1 Å². The fourth-order valence-electron chi connectivity index (χ4n) is 3.90. The summed E-state index contributed by atoms with van der Waals surface area (Å²) in [4.78, 5) is 42.9. The molecule has 0 unspecified atom stereocenters. The number of amidine groups is 1. The van der Waals surface area contributed by atoms with Crippen LogP contribution in [0.2, 0.25) is 0 Å². The van der Waals surface area contributed by atoms with Crippen molar-refractivity contribution in [2.75, 3.05) is 25.3 Å². The zero-order valence-corrected chi connectivity index (χ0v) is 25.0. The van der Waals surface area contributed by atoms with E-state index in [-0.39, 0.29) is 34.8 Å². The Balaban J connectivity index is 1.99. The largest absolute Gasteiger partial charge is 0.497 e. The summed E-state index contributed by atoms with van der Waals surface area (Å²) in [6.45, 7) is 4.99. The maximum Gasteiger partial charge on any atom is 0.355 e. The number of rotatable bonds is 11. The van der Waals surface area contributed by atoms with Crippen LogP contribution in [-0.2, 0) is 14.3 Å². The van der Waals surface area contributed by atoms with Crippen molar-refractivity contribution >= 4 is 39.4 Å². The third-order valence-electron chi connectivity index (χ3n) is 6.35. The van der Waals surface area contributed by atoms with Gasteiger partial charge in [-0.3, -0.25) is 19.2 Å². The Morgan fingerprint density at radius 1 is 1.02 bits per heavy atom. The van der Waals surface area contributed by atoms with Gasteiger partial charge in [-0.25, -0.2) is 9.78 Å². The molecule has 0 bridgehead atoms. The molecule has 1 heterocycles. The number of nitrogens with two attached hydrogens (primary N) is 1. The van der Waals surface area contributed by atoms with Crippen LogP contribution >= 0.6 is 0 Å². The minimum Gasteiger partial charge on any atom is -0.497 e. The molecule has 43 heavy (non-hydrogen) atoms. The van der Waals surface area contributed by atoms with Crippen LogP contribution in [0.15, 0.2) is 54.6 Å². The van der Waals surface area contributed by atoms with Gasteiger partial charge in [-0.15, -0.1) is 0 Å². The number of carboxylic acid groups (broad SMARTS) is 1. The first-order valence-corrected chi connectivity index (χ1v) is 14.7. The van der Waals surface area contributed by atoms with Gasteiger partial charge in [0.15, 0.2) is 5.69 Å². The van der Waals surface area contributed by atoms with Gasteiger partial charge < -0.3 is 26.2 Å². The third-order valence-corrected chi connectivity index (χ3v) is 6.91. The number of carbonyl (C=O) groups excluding carboxylic acids is 2. The highest BCUT2D eigenvalue weighted by atomic mass is 32.2. The highest BCUT2D eigenvalue weighted by Crippen LogP contribution is 2.31. The van der Waals surface area contributed by atoms with Crippen LogP contribution in [0.4, 0.5) is 5.69 Å². The molecule has 0 saturated carbocycles. The quantitative estimate of drug-likeness (QED) is 0.121. The highest BCUT2D eigenvalue weighted by Gasteiger charge is 2.29. The van der Waals surface area contributed by atoms with E-state index in [0.29, 0.717) is 17.0 Å². The number of aromatic carboxylic acids is 1. The number of hydrogen-bond donors (Lipinski definition) is 5. The summed E-state index contributed by atoms with van der Waals surface area (Å²) in [5, 5.41) is 22.9. The maximum atomic E-state index is 13.4. The lowest BCUT2D eigenvalue weighted by Crippen LogP contribution is -2.47. The van der Waals surface area contributed by atoms with Crippen LogP contribution in [0.1, 0.15) is 57.7 Å². The number of nitrogens with zero attached hydrogens (tertiary/aromatic N) is 1. The number of nitrogen functional groups attached to an aromatic ring is 1. The highest BCUT2D eigenvalue weighted by molar-refractivity contribution is 7.85. The van der Waals surface area contributed by atoms with Gasteiger partial charge in [-0.2, -0.15) is 8.42 Å². The van der Waals surface area contributed by atoms with Crippen molar-refractivity contribution in [1.29, 1.82) is 5.41 Å². The SMILES string of the molecule is COc1ccc(-c2ccc(C(=O)N[C@H](COS(C)(=O)=O)C(C)(C)C)nc2C(=O)O)c(C(=O)Nc2ccc(C(=N)N)cc2)c1. The molecule has 0 radical (unpaired) electrons. The standard InChI is InChI=1S/C29H33N5O8S/c1-29(2,3)23(15-42-43(5,39)40)34-27(36)22-13-12-20(24(33-22)28(37)38)19-11-10-18(41-4)14-21(19)26(35)32-17-8-6-16(7-9-17)25(30)31/h6-14,23H,15H2,1-5H3,(H3,30,31)(H,32,35)(H,34,36)(H,37,38)/t23-/m1/s1. The summed E-state index contributed by atoms with van der Waals surface area (Å²) in [7, 11) is -2.36. The first-order chi connectivity index (χ1) is 20.0. The molecule has 1 atom stereocenters. The van der Waals surface area contributed by atoms with Gasteiger partial charge in [0.1, 0.15) is 17.3 Å². The van der Waals surface area contributed by atoms with Gasteiger partial charge in [0.2, 0.25) is 0 Å². The zero-order valence-electron chi connectivity index (χ0n) is 24.2. The molecule has 2 amide bonds. The number of anilines is 1. The monoisotopic (exact) mass is 611 g/mol. The molecular weight excluding hydrogens is 578 g/mol. The summed E-state index contributed by atoms with van der Waals surface area (Å²) in [5.41, 5.74) is 5.37. The molecule has 2 aromatic carbocycles. The Kier molecular flexibility index (Phi) is 9.89. The Hall–Kier alpha value is -4.82. The van der Waals surface area contributed by atoms with E-state index in [2.05, 4.69) is 15.6 Å². The second kappa shape index (κ2) is 13.0. The predicted octanol–water partition coefficient (Wildman–Crippen LogP) is 3.11. The lowest BCUT2D eigenvalue weighted by Gasteiger charge is -2.30. The van der Waals surface area contributed by atoms with Gasteiger partial charge >= 0.3 is 5.97 Å². The molecule has 1 aromatic heterocycles. The fraction of sp³-hybridized carbons (Fsp3) is 0.276. The predicted molar refractivity (Wildman–Crippen MR) is 160 cm³/mol. The number of benzene rings is 2. The maximum absolute atomic E-state index is 13.4.